The Bertz CT molecular complexity index is 702. The number of para-hydroxylation sites is 2. The summed E-state index contributed by atoms with van der Waals surface area (Å²) < 4.78 is 11.9. The lowest BCUT2D eigenvalue weighted by Crippen LogP contribution is -2.46. The van der Waals surface area contributed by atoms with Gasteiger partial charge in [-0.2, -0.15) is 0 Å². The summed E-state index contributed by atoms with van der Waals surface area (Å²) in [5.41, 5.74) is 2.39. The SMILES string of the molecule is OC(CNCC(O)C1CCc2ccccc2O1)C1CCc2ccccc2O1. The lowest BCUT2D eigenvalue weighted by molar-refractivity contribution is 0.00900. The van der Waals surface area contributed by atoms with E-state index in [0.29, 0.717) is 13.1 Å². The second-order valence-electron chi connectivity index (χ2n) is 7.40. The largest absolute Gasteiger partial charge is 0.487 e. The van der Waals surface area contributed by atoms with Gasteiger partial charge in [0.05, 0.1) is 0 Å². The third-order valence-corrected chi connectivity index (χ3v) is 5.46. The number of rotatable bonds is 6. The van der Waals surface area contributed by atoms with Crippen LogP contribution in [-0.4, -0.2) is 47.7 Å². The van der Waals surface area contributed by atoms with Crippen LogP contribution >= 0.6 is 0 Å². The number of aryl methyl sites for hydroxylation is 2. The zero-order valence-electron chi connectivity index (χ0n) is 15.4. The quantitative estimate of drug-likeness (QED) is 0.727. The van der Waals surface area contributed by atoms with E-state index in [0.717, 1.165) is 37.2 Å². The number of fused-ring (bicyclic) bond motifs is 2. The summed E-state index contributed by atoms with van der Waals surface area (Å²) in [5, 5.41) is 24.1. The van der Waals surface area contributed by atoms with E-state index in [1.807, 2.05) is 36.4 Å². The molecule has 5 nitrogen and oxygen atoms in total. The van der Waals surface area contributed by atoms with Crippen LogP contribution in [0.25, 0.3) is 0 Å². The van der Waals surface area contributed by atoms with Gasteiger partial charge in [-0.25, -0.2) is 0 Å². The highest BCUT2D eigenvalue weighted by Crippen LogP contribution is 2.29. The number of hydrogen-bond donors (Lipinski definition) is 3. The van der Waals surface area contributed by atoms with Gasteiger partial charge in [-0.15, -0.1) is 0 Å². The molecule has 0 saturated carbocycles. The highest BCUT2D eigenvalue weighted by atomic mass is 16.5. The maximum absolute atomic E-state index is 10.5. The second kappa shape index (κ2) is 8.30. The normalized spacial score (nSPS) is 23.3. The molecule has 2 aromatic rings. The standard InChI is InChI=1S/C22H27NO4/c24-17(21-11-9-15-5-1-3-7-19(15)26-21)13-23-14-18(25)22-12-10-16-6-2-4-8-20(16)27-22/h1-8,17-18,21-25H,9-14H2. The first-order valence-electron chi connectivity index (χ1n) is 9.76. The summed E-state index contributed by atoms with van der Waals surface area (Å²) in [4.78, 5) is 0. The molecule has 2 aromatic carbocycles. The van der Waals surface area contributed by atoms with Crippen molar-refractivity contribution >= 4 is 0 Å². The molecule has 5 heteroatoms. The number of ether oxygens (including phenoxy) is 2. The zero-order chi connectivity index (χ0) is 18.6. The topological polar surface area (TPSA) is 71.0 Å². The smallest absolute Gasteiger partial charge is 0.126 e. The molecule has 4 rings (SSSR count). The van der Waals surface area contributed by atoms with Crippen molar-refractivity contribution in [1.29, 1.82) is 0 Å². The Morgan fingerprint density at radius 3 is 1.70 bits per heavy atom. The molecule has 0 spiro atoms. The average molecular weight is 369 g/mol. The van der Waals surface area contributed by atoms with Crippen LogP contribution in [0.5, 0.6) is 11.5 Å². The Balaban J connectivity index is 1.23. The molecule has 0 bridgehead atoms. The van der Waals surface area contributed by atoms with Gasteiger partial charge in [0.2, 0.25) is 0 Å². The van der Waals surface area contributed by atoms with Crippen molar-refractivity contribution < 1.29 is 19.7 Å². The molecule has 144 valence electrons. The first-order valence-corrected chi connectivity index (χ1v) is 9.76. The molecule has 2 heterocycles. The van der Waals surface area contributed by atoms with E-state index >= 15 is 0 Å². The fourth-order valence-corrected chi connectivity index (χ4v) is 3.87. The molecule has 2 aliphatic heterocycles. The molecular formula is C22H27NO4. The summed E-state index contributed by atoms with van der Waals surface area (Å²) in [6, 6.07) is 15.9. The molecular weight excluding hydrogens is 342 g/mol. The van der Waals surface area contributed by atoms with Crippen molar-refractivity contribution in [3.05, 3.63) is 59.7 Å². The molecule has 0 aliphatic carbocycles. The average Bonchev–Trinajstić information content (AvgIpc) is 2.72. The van der Waals surface area contributed by atoms with Crippen LogP contribution in [0.2, 0.25) is 0 Å². The summed E-state index contributed by atoms with van der Waals surface area (Å²) in [7, 11) is 0. The molecule has 2 aliphatic rings. The van der Waals surface area contributed by atoms with Gasteiger partial charge in [-0.1, -0.05) is 36.4 Å². The van der Waals surface area contributed by atoms with Gasteiger partial charge < -0.3 is 25.0 Å². The fraction of sp³-hybridized carbons (Fsp3) is 0.455. The predicted octanol–water partition coefficient (Wildman–Crippen LogP) is 2.09. The summed E-state index contributed by atoms with van der Waals surface area (Å²) in [6.45, 7) is 0.764. The Kier molecular flexibility index (Phi) is 5.62. The zero-order valence-corrected chi connectivity index (χ0v) is 15.4. The van der Waals surface area contributed by atoms with Crippen molar-refractivity contribution in [2.24, 2.45) is 0 Å². The minimum absolute atomic E-state index is 0.220. The van der Waals surface area contributed by atoms with Gasteiger partial charge in [-0.05, 0) is 48.9 Å². The number of aliphatic hydroxyl groups excluding tert-OH is 2. The van der Waals surface area contributed by atoms with E-state index in [9.17, 15) is 10.2 Å². The van der Waals surface area contributed by atoms with Gasteiger partial charge >= 0.3 is 0 Å². The van der Waals surface area contributed by atoms with Crippen molar-refractivity contribution in [3.8, 4) is 11.5 Å². The Morgan fingerprint density at radius 2 is 1.22 bits per heavy atom. The van der Waals surface area contributed by atoms with Crippen molar-refractivity contribution in [2.75, 3.05) is 13.1 Å². The maximum atomic E-state index is 10.5. The van der Waals surface area contributed by atoms with Crippen LogP contribution in [0.15, 0.2) is 48.5 Å². The maximum Gasteiger partial charge on any atom is 0.126 e. The van der Waals surface area contributed by atoms with Crippen molar-refractivity contribution in [2.45, 2.75) is 50.1 Å². The van der Waals surface area contributed by atoms with Crippen LogP contribution < -0.4 is 14.8 Å². The Morgan fingerprint density at radius 1 is 0.778 bits per heavy atom. The van der Waals surface area contributed by atoms with Gasteiger partial charge in [-0.3, -0.25) is 0 Å². The summed E-state index contributed by atoms with van der Waals surface area (Å²) in [5.74, 6) is 1.73. The molecule has 0 aromatic heterocycles. The monoisotopic (exact) mass is 369 g/mol. The lowest BCUT2D eigenvalue weighted by atomic mass is 9.98. The number of nitrogens with one attached hydrogen (secondary N) is 1. The highest BCUT2D eigenvalue weighted by molar-refractivity contribution is 5.36. The molecule has 4 atom stereocenters. The third-order valence-electron chi connectivity index (χ3n) is 5.46. The fourth-order valence-electron chi connectivity index (χ4n) is 3.87. The summed E-state index contributed by atoms with van der Waals surface area (Å²) in [6.07, 6.45) is 1.75. The first-order chi connectivity index (χ1) is 13.2. The van der Waals surface area contributed by atoms with Gasteiger partial charge in [0.15, 0.2) is 0 Å². The van der Waals surface area contributed by atoms with Crippen LogP contribution in [-0.2, 0) is 12.8 Å². The van der Waals surface area contributed by atoms with E-state index in [4.69, 9.17) is 9.47 Å². The van der Waals surface area contributed by atoms with Crippen molar-refractivity contribution in [1.82, 2.24) is 5.32 Å². The molecule has 0 radical (unpaired) electrons. The van der Waals surface area contributed by atoms with E-state index < -0.39 is 12.2 Å². The van der Waals surface area contributed by atoms with Crippen molar-refractivity contribution in [3.63, 3.8) is 0 Å². The number of benzene rings is 2. The van der Waals surface area contributed by atoms with Gasteiger partial charge in [0.25, 0.3) is 0 Å². The number of aliphatic hydroxyl groups is 2. The van der Waals surface area contributed by atoms with E-state index in [-0.39, 0.29) is 12.2 Å². The molecule has 4 unspecified atom stereocenters. The summed E-state index contributed by atoms with van der Waals surface area (Å²) >= 11 is 0. The molecule has 27 heavy (non-hydrogen) atoms. The lowest BCUT2D eigenvalue weighted by Gasteiger charge is -2.31. The first kappa shape index (κ1) is 18.3. The van der Waals surface area contributed by atoms with Crippen LogP contribution in [0.4, 0.5) is 0 Å². The highest BCUT2D eigenvalue weighted by Gasteiger charge is 2.28. The molecule has 0 saturated heterocycles. The Labute approximate surface area is 159 Å². The van der Waals surface area contributed by atoms with Crippen LogP contribution in [0.1, 0.15) is 24.0 Å². The van der Waals surface area contributed by atoms with Crippen LogP contribution in [0.3, 0.4) is 0 Å². The molecule has 0 fully saturated rings. The minimum atomic E-state index is -0.612. The minimum Gasteiger partial charge on any atom is -0.487 e. The van der Waals surface area contributed by atoms with Gasteiger partial charge in [0.1, 0.15) is 35.9 Å². The van der Waals surface area contributed by atoms with E-state index in [2.05, 4.69) is 17.4 Å². The van der Waals surface area contributed by atoms with E-state index in [1.165, 1.54) is 11.1 Å². The van der Waals surface area contributed by atoms with Crippen LogP contribution in [0, 0.1) is 0 Å². The Hall–Kier alpha value is -2.08. The van der Waals surface area contributed by atoms with E-state index in [1.54, 1.807) is 0 Å². The molecule has 0 amide bonds. The third kappa shape index (κ3) is 4.26. The second-order valence-corrected chi connectivity index (χ2v) is 7.40. The molecule has 3 N–H and O–H groups in total. The predicted molar refractivity (Wildman–Crippen MR) is 103 cm³/mol. The number of hydrogen-bond acceptors (Lipinski definition) is 5. The van der Waals surface area contributed by atoms with Gasteiger partial charge in [0, 0.05) is 13.1 Å².